The van der Waals surface area contributed by atoms with Gasteiger partial charge in [0.2, 0.25) is 10.0 Å². The fourth-order valence-electron chi connectivity index (χ4n) is 1.20. The minimum absolute atomic E-state index is 0. The maximum absolute atomic E-state index is 11.1. The first-order valence-corrected chi connectivity index (χ1v) is 7.59. The van der Waals surface area contributed by atoms with Crippen molar-refractivity contribution in [3.8, 4) is 0 Å². The van der Waals surface area contributed by atoms with Crippen molar-refractivity contribution in [3.63, 3.8) is 0 Å². The van der Waals surface area contributed by atoms with Gasteiger partial charge in [-0.1, -0.05) is 0 Å². The van der Waals surface area contributed by atoms with Crippen molar-refractivity contribution in [2.24, 2.45) is 10.7 Å². The summed E-state index contributed by atoms with van der Waals surface area (Å²) in [5.41, 5.74) is 5.64. The molecule has 7 nitrogen and oxygen atoms in total. The second kappa shape index (κ2) is 11.7. The van der Waals surface area contributed by atoms with Crippen LogP contribution in [0.5, 0.6) is 0 Å². The SMILES string of the molecule is CCS(=O)(=O)NCCCN=C(N)NC(C)COC.I. The summed E-state index contributed by atoms with van der Waals surface area (Å²) in [5, 5.41) is 2.96. The highest BCUT2D eigenvalue weighted by Crippen LogP contribution is 1.86. The Balaban J connectivity index is 0. The summed E-state index contributed by atoms with van der Waals surface area (Å²) < 4.78 is 29.6. The largest absolute Gasteiger partial charge is 0.383 e. The fraction of sp³-hybridized carbons (Fsp3) is 0.900. The van der Waals surface area contributed by atoms with Crippen LogP contribution < -0.4 is 15.8 Å². The molecule has 0 saturated carbocycles. The molecule has 0 rings (SSSR count). The minimum atomic E-state index is -3.11. The van der Waals surface area contributed by atoms with E-state index in [-0.39, 0.29) is 35.8 Å². The maximum atomic E-state index is 11.1. The molecule has 0 bridgehead atoms. The number of ether oxygens (including phenoxy) is 1. The van der Waals surface area contributed by atoms with Crippen LogP contribution in [-0.4, -0.2) is 53.0 Å². The van der Waals surface area contributed by atoms with E-state index in [1.54, 1.807) is 14.0 Å². The van der Waals surface area contributed by atoms with Crippen LogP contribution in [0.15, 0.2) is 4.99 Å². The predicted molar refractivity (Wildman–Crippen MR) is 88.5 cm³/mol. The highest BCUT2D eigenvalue weighted by atomic mass is 127. The van der Waals surface area contributed by atoms with Crippen molar-refractivity contribution in [3.05, 3.63) is 0 Å². The van der Waals surface area contributed by atoms with Gasteiger partial charge in [-0.05, 0) is 20.3 Å². The van der Waals surface area contributed by atoms with Gasteiger partial charge in [-0.2, -0.15) is 0 Å². The summed E-state index contributed by atoms with van der Waals surface area (Å²) in [6, 6.07) is 0.0948. The number of hydrogen-bond donors (Lipinski definition) is 3. The molecule has 0 aliphatic heterocycles. The molecule has 0 aliphatic carbocycles. The Bertz CT molecular complexity index is 349. The van der Waals surface area contributed by atoms with Crippen molar-refractivity contribution in [1.29, 1.82) is 0 Å². The number of sulfonamides is 1. The van der Waals surface area contributed by atoms with E-state index in [1.807, 2.05) is 6.92 Å². The molecule has 0 aliphatic rings. The summed E-state index contributed by atoms with van der Waals surface area (Å²) in [7, 11) is -1.49. The molecule has 0 radical (unpaired) electrons. The van der Waals surface area contributed by atoms with Gasteiger partial charge in [0, 0.05) is 26.2 Å². The van der Waals surface area contributed by atoms with Gasteiger partial charge in [0.05, 0.1) is 12.4 Å². The molecule has 0 amide bonds. The number of guanidine groups is 1. The summed E-state index contributed by atoms with van der Waals surface area (Å²) >= 11 is 0. The van der Waals surface area contributed by atoms with E-state index < -0.39 is 10.0 Å². The van der Waals surface area contributed by atoms with Crippen molar-refractivity contribution < 1.29 is 13.2 Å². The normalized spacial score (nSPS) is 13.7. The number of hydrogen-bond acceptors (Lipinski definition) is 4. The number of nitrogens with zero attached hydrogens (tertiary/aromatic N) is 1. The lowest BCUT2D eigenvalue weighted by Crippen LogP contribution is -2.40. The van der Waals surface area contributed by atoms with Crippen molar-refractivity contribution >= 4 is 40.0 Å². The summed E-state index contributed by atoms with van der Waals surface area (Å²) in [6.45, 7) is 4.93. The highest BCUT2D eigenvalue weighted by molar-refractivity contribution is 14.0. The zero-order valence-corrected chi connectivity index (χ0v) is 14.8. The van der Waals surface area contributed by atoms with Gasteiger partial charge in [0.25, 0.3) is 0 Å². The molecule has 9 heteroatoms. The summed E-state index contributed by atoms with van der Waals surface area (Å²) in [6.07, 6.45) is 0.611. The lowest BCUT2D eigenvalue weighted by molar-refractivity contribution is 0.179. The topological polar surface area (TPSA) is 106 Å². The molecule has 1 atom stereocenters. The molecular weight excluding hydrogens is 383 g/mol. The van der Waals surface area contributed by atoms with Crippen LogP contribution in [0.25, 0.3) is 0 Å². The van der Waals surface area contributed by atoms with Gasteiger partial charge in [0.1, 0.15) is 0 Å². The Morgan fingerprint density at radius 3 is 2.63 bits per heavy atom. The lowest BCUT2D eigenvalue weighted by atomic mass is 10.4. The number of aliphatic imine (C=N–C) groups is 1. The smallest absolute Gasteiger partial charge is 0.211 e. The predicted octanol–water partition coefficient (Wildman–Crippen LogP) is -0.127. The monoisotopic (exact) mass is 408 g/mol. The molecule has 116 valence electrons. The molecule has 0 spiro atoms. The third kappa shape index (κ3) is 12.6. The number of nitrogens with two attached hydrogens (primary N) is 1. The highest BCUT2D eigenvalue weighted by Gasteiger charge is 2.04. The quantitative estimate of drug-likeness (QED) is 0.213. The van der Waals surface area contributed by atoms with Crippen LogP contribution in [0, 0.1) is 0 Å². The van der Waals surface area contributed by atoms with Crippen molar-refractivity contribution in [1.82, 2.24) is 10.0 Å². The number of rotatable bonds is 9. The van der Waals surface area contributed by atoms with Crippen LogP contribution in [-0.2, 0) is 14.8 Å². The Labute approximate surface area is 132 Å². The molecule has 4 N–H and O–H groups in total. The fourth-order valence-corrected chi connectivity index (χ4v) is 1.86. The second-order valence-electron chi connectivity index (χ2n) is 3.92. The Kier molecular flexibility index (Phi) is 13.0. The average Bonchev–Trinajstić information content (AvgIpc) is 2.28. The first-order chi connectivity index (χ1) is 8.41. The standard InChI is InChI=1S/C10H24N4O3S.HI/c1-4-18(15,16)13-7-5-6-12-10(11)14-9(2)8-17-3;/h9,13H,4-8H2,1-3H3,(H3,11,12,14);1H. The molecule has 19 heavy (non-hydrogen) atoms. The number of nitrogens with one attached hydrogen (secondary N) is 2. The van der Waals surface area contributed by atoms with E-state index in [1.165, 1.54) is 0 Å². The number of halogens is 1. The van der Waals surface area contributed by atoms with Crippen LogP contribution in [0.2, 0.25) is 0 Å². The molecule has 0 aromatic rings. The van der Waals surface area contributed by atoms with E-state index in [0.29, 0.717) is 32.1 Å². The molecule has 0 heterocycles. The van der Waals surface area contributed by atoms with Crippen LogP contribution in [0.1, 0.15) is 20.3 Å². The van der Waals surface area contributed by atoms with E-state index in [4.69, 9.17) is 10.5 Å². The molecule has 0 saturated heterocycles. The van der Waals surface area contributed by atoms with Crippen LogP contribution in [0.4, 0.5) is 0 Å². The maximum Gasteiger partial charge on any atom is 0.211 e. The number of methoxy groups -OCH3 is 1. The summed E-state index contributed by atoms with van der Waals surface area (Å²) in [5.74, 6) is 0.437. The molecule has 0 aromatic carbocycles. The van der Waals surface area contributed by atoms with E-state index in [9.17, 15) is 8.42 Å². The Morgan fingerprint density at radius 2 is 2.11 bits per heavy atom. The van der Waals surface area contributed by atoms with Gasteiger partial charge in [-0.15, -0.1) is 24.0 Å². The Morgan fingerprint density at radius 1 is 1.47 bits per heavy atom. The minimum Gasteiger partial charge on any atom is -0.383 e. The lowest BCUT2D eigenvalue weighted by Gasteiger charge is -2.12. The van der Waals surface area contributed by atoms with E-state index >= 15 is 0 Å². The van der Waals surface area contributed by atoms with Crippen LogP contribution in [0.3, 0.4) is 0 Å². The van der Waals surface area contributed by atoms with Crippen molar-refractivity contribution in [2.45, 2.75) is 26.3 Å². The zero-order chi connectivity index (χ0) is 14.0. The van der Waals surface area contributed by atoms with Gasteiger partial charge < -0.3 is 15.8 Å². The molecule has 1 unspecified atom stereocenters. The second-order valence-corrected chi connectivity index (χ2v) is 6.01. The zero-order valence-electron chi connectivity index (χ0n) is 11.7. The van der Waals surface area contributed by atoms with E-state index in [0.717, 1.165) is 0 Å². The van der Waals surface area contributed by atoms with Gasteiger partial charge in [0.15, 0.2) is 5.96 Å². The molecule has 0 fully saturated rings. The van der Waals surface area contributed by atoms with Gasteiger partial charge in [-0.3, -0.25) is 4.99 Å². The summed E-state index contributed by atoms with van der Waals surface area (Å²) in [4.78, 5) is 4.08. The van der Waals surface area contributed by atoms with Crippen molar-refractivity contribution in [2.75, 3.05) is 32.6 Å². The van der Waals surface area contributed by atoms with Crippen LogP contribution >= 0.6 is 24.0 Å². The molecular formula is C10H25IN4O3S. The first kappa shape index (κ1) is 21.2. The third-order valence-corrected chi connectivity index (χ3v) is 3.53. The molecule has 0 aromatic heterocycles. The third-order valence-electron chi connectivity index (χ3n) is 2.13. The van der Waals surface area contributed by atoms with Gasteiger partial charge in [-0.25, -0.2) is 13.1 Å². The Hall–Kier alpha value is -0.130. The van der Waals surface area contributed by atoms with E-state index in [2.05, 4.69) is 15.0 Å². The average molecular weight is 408 g/mol. The first-order valence-electron chi connectivity index (χ1n) is 5.94. The van der Waals surface area contributed by atoms with Gasteiger partial charge >= 0.3 is 0 Å².